The molecule has 1 aliphatic carbocycles. The van der Waals surface area contributed by atoms with Gasteiger partial charge < -0.3 is 9.84 Å². The molecule has 0 aromatic carbocycles. The van der Waals surface area contributed by atoms with Crippen LogP contribution in [0.2, 0.25) is 0 Å². The predicted molar refractivity (Wildman–Crippen MR) is 71.4 cm³/mol. The summed E-state index contributed by atoms with van der Waals surface area (Å²) in [7, 11) is 0. The number of carbonyl (C=O) groups is 1. The van der Waals surface area contributed by atoms with Crippen LogP contribution in [0.4, 0.5) is 0 Å². The molecular formula is C14H27NO3. The molecule has 4 nitrogen and oxygen atoms in total. The van der Waals surface area contributed by atoms with Crippen LogP contribution in [0.15, 0.2) is 0 Å². The largest absolute Gasteiger partial charge is 0.463 e. The summed E-state index contributed by atoms with van der Waals surface area (Å²) in [5.74, 6) is -0.135. The van der Waals surface area contributed by atoms with Gasteiger partial charge >= 0.3 is 5.97 Å². The van der Waals surface area contributed by atoms with Crippen molar-refractivity contribution >= 4 is 5.97 Å². The van der Waals surface area contributed by atoms with Crippen molar-refractivity contribution in [3.05, 3.63) is 0 Å². The molecule has 0 aromatic rings. The topological polar surface area (TPSA) is 49.8 Å². The van der Waals surface area contributed by atoms with Crippen molar-refractivity contribution in [2.75, 3.05) is 19.7 Å². The Morgan fingerprint density at radius 3 is 2.50 bits per heavy atom. The molecule has 1 fully saturated rings. The van der Waals surface area contributed by atoms with E-state index in [1.807, 2.05) is 13.8 Å². The zero-order chi connectivity index (χ0) is 13.4. The minimum absolute atomic E-state index is 0.0431. The average Bonchev–Trinajstić information content (AvgIpc) is 2.34. The van der Waals surface area contributed by atoms with Gasteiger partial charge in [-0.1, -0.05) is 19.3 Å². The van der Waals surface area contributed by atoms with E-state index in [4.69, 9.17) is 9.84 Å². The molecule has 0 saturated heterocycles. The standard InChI is InChI=1S/C14H27NO3/c1-12(2)18-14(17)8-9-15(10-11-16)13-6-4-3-5-7-13/h12-13,16H,3-11H2,1-2H3. The lowest BCUT2D eigenvalue weighted by Gasteiger charge is -2.33. The first-order valence-electron chi connectivity index (χ1n) is 7.18. The van der Waals surface area contributed by atoms with E-state index in [9.17, 15) is 4.79 Å². The van der Waals surface area contributed by atoms with Gasteiger partial charge in [-0.2, -0.15) is 0 Å². The summed E-state index contributed by atoms with van der Waals surface area (Å²) in [4.78, 5) is 13.8. The molecule has 0 aromatic heterocycles. The zero-order valence-electron chi connectivity index (χ0n) is 11.7. The van der Waals surface area contributed by atoms with Gasteiger partial charge in [0.2, 0.25) is 0 Å². The van der Waals surface area contributed by atoms with Crippen molar-refractivity contribution in [2.45, 2.75) is 64.5 Å². The molecule has 106 valence electrons. The summed E-state index contributed by atoms with van der Waals surface area (Å²) in [6.45, 7) is 5.27. The summed E-state index contributed by atoms with van der Waals surface area (Å²) in [5, 5.41) is 9.12. The van der Waals surface area contributed by atoms with Crippen molar-refractivity contribution in [1.82, 2.24) is 4.90 Å². The minimum atomic E-state index is -0.135. The molecule has 0 bridgehead atoms. The molecule has 0 heterocycles. The van der Waals surface area contributed by atoms with E-state index in [0.717, 1.165) is 0 Å². The highest BCUT2D eigenvalue weighted by molar-refractivity contribution is 5.69. The fourth-order valence-corrected chi connectivity index (χ4v) is 2.61. The molecule has 1 aliphatic rings. The number of esters is 1. The number of nitrogens with zero attached hydrogens (tertiary/aromatic N) is 1. The number of rotatable bonds is 7. The van der Waals surface area contributed by atoms with Gasteiger partial charge in [0.15, 0.2) is 0 Å². The Morgan fingerprint density at radius 1 is 1.28 bits per heavy atom. The molecule has 1 saturated carbocycles. The third-order valence-corrected chi connectivity index (χ3v) is 3.45. The van der Waals surface area contributed by atoms with Gasteiger partial charge in [-0.3, -0.25) is 9.69 Å². The van der Waals surface area contributed by atoms with E-state index >= 15 is 0 Å². The maximum atomic E-state index is 11.5. The summed E-state index contributed by atoms with van der Waals surface area (Å²) >= 11 is 0. The zero-order valence-corrected chi connectivity index (χ0v) is 11.7. The minimum Gasteiger partial charge on any atom is -0.463 e. The number of hydrogen-bond acceptors (Lipinski definition) is 4. The Morgan fingerprint density at radius 2 is 1.94 bits per heavy atom. The third kappa shape index (κ3) is 5.83. The van der Waals surface area contributed by atoms with Gasteiger partial charge in [-0.25, -0.2) is 0 Å². The molecule has 0 radical (unpaired) electrons. The summed E-state index contributed by atoms with van der Waals surface area (Å²) in [5.41, 5.74) is 0. The van der Waals surface area contributed by atoms with E-state index in [0.29, 0.717) is 25.6 Å². The molecule has 0 spiro atoms. The van der Waals surface area contributed by atoms with Gasteiger partial charge in [-0.05, 0) is 26.7 Å². The molecule has 0 aliphatic heterocycles. The van der Waals surface area contributed by atoms with E-state index in [-0.39, 0.29) is 18.7 Å². The number of hydrogen-bond donors (Lipinski definition) is 1. The first-order chi connectivity index (χ1) is 8.63. The molecule has 18 heavy (non-hydrogen) atoms. The second-order valence-corrected chi connectivity index (χ2v) is 5.34. The fraction of sp³-hybridized carbons (Fsp3) is 0.929. The first kappa shape index (κ1) is 15.4. The molecule has 0 amide bonds. The Bertz CT molecular complexity index is 237. The van der Waals surface area contributed by atoms with Gasteiger partial charge in [0.25, 0.3) is 0 Å². The molecule has 4 heteroatoms. The molecule has 1 rings (SSSR count). The number of aliphatic hydroxyl groups is 1. The molecule has 0 unspecified atom stereocenters. The van der Waals surface area contributed by atoms with Crippen LogP contribution in [-0.2, 0) is 9.53 Å². The van der Waals surface area contributed by atoms with Crippen LogP contribution in [0.25, 0.3) is 0 Å². The maximum Gasteiger partial charge on any atom is 0.307 e. The van der Waals surface area contributed by atoms with Gasteiger partial charge in [-0.15, -0.1) is 0 Å². The van der Waals surface area contributed by atoms with Gasteiger partial charge in [0.05, 0.1) is 19.1 Å². The Kier molecular flexibility index (Phi) is 7.28. The van der Waals surface area contributed by atoms with Crippen molar-refractivity contribution in [2.24, 2.45) is 0 Å². The highest BCUT2D eigenvalue weighted by Crippen LogP contribution is 2.22. The lowest BCUT2D eigenvalue weighted by atomic mass is 9.94. The normalized spacial score (nSPS) is 17.4. The molecule has 0 atom stereocenters. The molecular weight excluding hydrogens is 230 g/mol. The van der Waals surface area contributed by atoms with E-state index < -0.39 is 0 Å². The highest BCUT2D eigenvalue weighted by Gasteiger charge is 2.21. The van der Waals surface area contributed by atoms with Crippen LogP contribution in [0, 0.1) is 0 Å². The van der Waals surface area contributed by atoms with Crippen LogP contribution in [-0.4, -0.2) is 47.8 Å². The smallest absolute Gasteiger partial charge is 0.307 e. The van der Waals surface area contributed by atoms with Crippen LogP contribution in [0.5, 0.6) is 0 Å². The van der Waals surface area contributed by atoms with Crippen molar-refractivity contribution in [1.29, 1.82) is 0 Å². The van der Waals surface area contributed by atoms with Gasteiger partial charge in [0, 0.05) is 19.1 Å². The Labute approximate surface area is 110 Å². The fourth-order valence-electron chi connectivity index (χ4n) is 2.61. The van der Waals surface area contributed by atoms with E-state index in [1.165, 1.54) is 32.1 Å². The monoisotopic (exact) mass is 257 g/mol. The van der Waals surface area contributed by atoms with E-state index in [1.54, 1.807) is 0 Å². The summed E-state index contributed by atoms with van der Waals surface area (Å²) in [6.07, 6.45) is 6.62. The second-order valence-electron chi connectivity index (χ2n) is 5.34. The number of carbonyl (C=O) groups excluding carboxylic acids is 1. The van der Waals surface area contributed by atoms with Crippen LogP contribution in [0.3, 0.4) is 0 Å². The average molecular weight is 257 g/mol. The summed E-state index contributed by atoms with van der Waals surface area (Å²) < 4.78 is 5.14. The Hall–Kier alpha value is -0.610. The lowest BCUT2D eigenvalue weighted by molar-refractivity contribution is -0.147. The van der Waals surface area contributed by atoms with Crippen molar-refractivity contribution < 1.29 is 14.6 Å². The second kappa shape index (κ2) is 8.48. The third-order valence-electron chi connectivity index (χ3n) is 3.45. The predicted octanol–water partition coefficient (Wildman–Crippen LogP) is 1.96. The highest BCUT2D eigenvalue weighted by atomic mass is 16.5. The Balaban J connectivity index is 2.34. The van der Waals surface area contributed by atoms with Crippen LogP contribution in [0.1, 0.15) is 52.4 Å². The van der Waals surface area contributed by atoms with Crippen molar-refractivity contribution in [3.63, 3.8) is 0 Å². The van der Waals surface area contributed by atoms with Gasteiger partial charge in [0.1, 0.15) is 0 Å². The SMILES string of the molecule is CC(C)OC(=O)CCN(CCO)C1CCCCC1. The lowest BCUT2D eigenvalue weighted by Crippen LogP contribution is -2.40. The van der Waals surface area contributed by atoms with Crippen LogP contribution < -0.4 is 0 Å². The van der Waals surface area contributed by atoms with E-state index in [2.05, 4.69) is 4.90 Å². The number of aliphatic hydroxyl groups excluding tert-OH is 1. The quantitative estimate of drug-likeness (QED) is 0.708. The van der Waals surface area contributed by atoms with Crippen LogP contribution >= 0.6 is 0 Å². The first-order valence-corrected chi connectivity index (χ1v) is 7.18. The van der Waals surface area contributed by atoms with Crippen molar-refractivity contribution in [3.8, 4) is 0 Å². The molecule has 1 N–H and O–H groups in total. The summed E-state index contributed by atoms with van der Waals surface area (Å²) in [6, 6.07) is 0.540. The maximum absolute atomic E-state index is 11.5. The number of ether oxygens (including phenoxy) is 1.